The Labute approximate surface area is 196 Å². The van der Waals surface area contributed by atoms with Crippen molar-refractivity contribution in [3.8, 4) is 0 Å². The van der Waals surface area contributed by atoms with Gasteiger partial charge in [-0.25, -0.2) is 4.79 Å². The molecule has 4 unspecified atom stereocenters. The first-order valence-corrected chi connectivity index (χ1v) is 13.1. The van der Waals surface area contributed by atoms with E-state index in [1.807, 2.05) is 12.5 Å². The SMILES string of the molecule is CSCCC(NC(=O)C1CCCN1C(=O)C(CCSC)NC(=O)C(N)CC(N)=O)C(=O)O. The summed E-state index contributed by atoms with van der Waals surface area (Å²) in [5, 5.41) is 14.5. The monoisotopic (exact) mass is 491 g/mol. The first kappa shape index (κ1) is 28.0. The molecule has 0 aromatic rings. The molecule has 1 heterocycles. The normalized spacial score (nSPS) is 18.5. The number of rotatable bonds is 14. The number of primary amides is 1. The van der Waals surface area contributed by atoms with Crippen LogP contribution < -0.4 is 22.1 Å². The van der Waals surface area contributed by atoms with Gasteiger partial charge < -0.3 is 32.1 Å². The van der Waals surface area contributed by atoms with Crippen molar-refractivity contribution < 1.29 is 29.1 Å². The van der Waals surface area contributed by atoms with E-state index in [4.69, 9.17) is 11.5 Å². The van der Waals surface area contributed by atoms with Crippen molar-refractivity contribution in [2.45, 2.75) is 56.3 Å². The summed E-state index contributed by atoms with van der Waals surface area (Å²) in [5.41, 5.74) is 10.8. The summed E-state index contributed by atoms with van der Waals surface area (Å²) in [6, 6.07) is -3.95. The molecular formula is C19H33N5O6S2. The molecule has 13 heteroatoms. The van der Waals surface area contributed by atoms with Gasteiger partial charge in [0.05, 0.1) is 12.5 Å². The molecule has 1 aliphatic rings. The van der Waals surface area contributed by atoms with Crippen molar-refractivity contribution >= 4 is 53.1 Å². The molecule has 7 N–H and O–H groups in total. The minimum atomic E-state index is -1.18. The summed E-state index contributed by atoms with van der Waals surface area (Å²) >= 11 is 2.96. The van der Waals surface area contributed by atoms with Crippen LogP contribution in [0.15, 0.2) is 0 Å². The highest BCUT2D eigenvalue weighted by molar-refractivity contribution is 7.98. The number of likely N-dealkylation sites (tertiary alicyclic amines) is 1. The molecule has 0 spiro atoms. The average molecular weight is 492 g/mol. The van der Waals surface area contributed by atoms with Crippen molar-refractivity contribution in [3.05, 3.63) is 0 Å². The number of hydrogen-bond acceptors (Lipinski definition) is 8. The maximum atomic E-state index is 13.2. The van der Waals surface area contributed by atoms with Crippen LogP contribution in [0.25, 0.3) is 0 Å². The highest BCUT2D eigenvalue weighted by atomic mass is 32.2. The smallest absolute Gasteiger partial charge is 0.326 e. The highest BCUT2D eigenvalue weighted by Crippen LogP contribution is 2.20. The minimum Gasteiger partial charge on any atom is -0.480 e. The van der Waals surface area contributed by atoms with Crippen LogP contribution in [0.4, 0.5) is 0 Å². The van der Waals surface area contributed by atoms with Gasteiger partial charge in [0.2, 0.25) is 23.6 Å². The number of carbonyl (C=O) groups excluding carboxylic acids is 4. The van der Waals surface area contributed by atoms with E-state index in [0.29, 0.717) is 37.3 Å². The zero-order valence-electron chi connectivity index (χ0n) is 18.4. The molecule has 0 radical (unpaired) electrons. The lowest BCUT2D eigenvalue weighted by Gasteiger charge is -2.30. The van der Waals surface area contributed by atoms with Crippen LogP contribution in [-0.4, -0.2) is 94.3 Å². The standard InChI is InChI=1S/C19H33N5O6S2/c1-31-8-5-12(22-16(26)11(20)10-15(21)25)18(28)24-7-3-4-14(24)17(27)23-13(19(29)30)6-9-32-2/h11-14H,3-10,20H2,1-2H3,(H2,21,25)(H,22,26)(H,23,27)(H,29,30). The van der Waals surface area contributed by atoms with Crippen molar-refractivity contribution in [3.63, 3.8) is 0 Å². The number of aliphatic carboxylic acids is 1. The minimum absolute atomic E-state index is 0.271. The lowest BCUT2D eigenvalue weighted by Crippen LogP contribution is -2.57. The van der Waals surface area contributed by atoms with E-state index < -0.39 is 53.8 Å². The molecule has 0 bridgehead atoms. The molecule has 32 heavy (non-hydrogen) atoms. The van der Waals surface area contributed by atoms with Gasteiger partial charge in [-0.3, -0.25) is 19.2 Å². The fourth-order valence-corrected chi connectivity index (χ4v) is 4.29. The maximum Gasteiger partial charge on any atom is 0.326 e. The number of carboxylic acids is 1. The Kier molecular flexibility index (Phi) is 12.5. The lowest BCUT2D eigenvalue weighted by molar-refractivity contribution is -0.145. The Morgan fingerprint density at radius 2 is 1.66 bits per heavy atom. The van der Waals surface area contributed by atoms with Crippen molar-refractivity contribution in [1.82, 2.24) is 15.5 Å². The quantitative estimate of drug-likeness (QED) is 0.198. The summed E-state index contributed by atoms with van der Waals surface area (Å²) in [4.78, 5) is 62.2. The molecule has 1 fully saturated rings. The van der Waals surface area contributed by atoms with Gasteiger partial charge >= 0.3 is 5.97 Å². The van der Waals surface area contributed by atoms with E-state index in [-0.39, 0.29) is 12.8 Å². The third kappa shape index (κ3) is 8.87. The molecule has 4 atom stereocenters. The van der Waals surface area contributed by atoms with Crippen LogP contribution in [0, 0.1) is 0 Å². The Morgan fingerprint density at radius 3 is 2.19 bits per heavy atom. The van der Waals surface area contributed by atoms with Gasteiger partial charge in [0, 0.05) is 6.54 Å². The van der Waals surface area contributed by atoms with Gasteiger partial charge in [-0.15, -0.1) is 0 Å². The van der Waals surface area contributed by atoms with Crippen LogP contribution in [0.3, 0.4) is 0 Å². The van der Waals surface area contributed by atoms with E-state index in [1.54, 1.807) is 0 Å². The second kappa shape index (κ2) is 14.2. The van der Waals surface area contributed by atoms with E-state index >= 15 is 0 Å². The summed E-state index contributed by atoms with van der Waals surface area (Å²) in [6.45, 7) is 0.318. The summed E-state index contributed by atoms with van der Waals surface area (Å²) in [7, 11) is 0. The second-order valence-electron chi connectivity index (χ2n) is 7.49. The summed E-state index contributed by atoms with van der Waals surface area (Å²) in [6.07, 6.45) is 4.91. The molecule has 4 amide bonds. The molecule has 0 aliphatic carbocycles. The molecule has 11 nitrogen and oxygen atoms in total. The Bertz CT molecular complexity index is 695. The predicted molar refractivity (Wildman–Crippen MR) is 124 cm³/mol. The van der Waals surface area contributed by atoms with Crippen LogP contribution in [-0.2, 0) is 24.0 Å². The number of amides is 4. The molecule has 1 aliphatic heterocycles. The zero-order valence-corrected chi connectivity index (χ0v) is 20.0. The van der Waals surface area contributed by atoms with Gasteiger partial charge in [0.25, 0.3) is 0 Å². The van der Waals surface area contributed by atoms with Gasteiger partial charge in [-0.05, 0) is 49.7 Å². The average Bonchev–Trinajstić information content (AvgIpc) is 3.22. The van der Waals surface area contributed by atoms with E-state index in [0.717, 1.165) is 0 Å². The number of thioether (sulfide) groups is 2. The van der Waals surface area contributed by atoms with E-state index in [2.05, 4.69) is 10.6 Å². The molecule has 0 aromatic carbocycles. The highest BCUT2D eigenvalue weighted by Gasteiger charge is 2.39. The first-order valence-electron chi connectivity index (χ1n) is 10.3. The Hall–Kier alpha value is -1.99. The van der Waals surface area contributed by atoms with Gasteiger partial charge in [-0.2, -0.15) is 23.5 Å². The number of carbonyl (C=O) groups is 5. The van der Waals surface area contributed by atoms with Crippen molar-refractivity contribution in [2.75, 3.05) is 30.6 Å². The largest absolute Gasteiger partial charge is 0.480 e. The van der Waals surface area contributed by atoms with E-state index in [9.17, 15) is 29.1 Å². The number of nitrogens with zero attached hydrogens (tertiary/aromatic N) is 1. The fraction of sp³-hybridized carbons (Fsp3) is 0.737. The predicted octanol–water partition coefficient (Wildman–Crippen LogP) is -1.26. The molecule has 182 valence electrons. The number of nitrogens with two attached hydrogens (primary N) is 2. The molecular weight excluding hydrogens is 458 g/mol. The Balaban J connectivity index is 2.90. The van der Waals surface area contributed by atoms with Crippen LogP contribution >= 0.6 is 23.5 Å². The second-order valence-corrected chi connectivity index (χ2v) is 9.46. The fourth-order valence-electron chi connectivity index (χ4n) is 3.35. The molecule has 1 rings (SSSR count). The molecule has 0 aromatic heterocycles. The molecule has 1 saturated heterocycles. The van der Waals surface area contributed by atoms with Gasteiger partial charge in [0.15, 0.2) is 0 Å². The zero-order chi connectivity index (χ0) is 24.3. The van der Waals surface area contributed by atoms with Crippen molar-refractivity contribution in [1.29, 1.82) is 0 Å². The first-order chi connectivity index (χ1) is 15.1. The third-order valence-corrected chi connectivity index (χ3v) is 6.33. The number of hydrogen-bond donors (Lipinski definition) is 5. The molecule has 0 saturated carbocycles. The Morgan fingerprint density at radius 1 is 1.06 bits per heavy atom. The topological polar surface area (TPSA) is 185 Å². The summed E-state index contributed by atoms with van der Waals surface area (Å²) < 4.78 is 0. The van der Waals surface area contributed by atoms with Crippen LogP contribution in [0.2, 0.25) is 0 Å². The van der Waals surface area contributed by atoms with Crippen LogP contribution in [0.5, 0.6) is 0 Å². The number of carboxylic acid groups (broad SMARTS) is 1. The van der Waals surface area contributed by atoms with Crippen LogP contribution in [0.1, 0.15) is 32.1 Å². The number of nitrogens with one attached hydrogen (secondary N) is 2. The lowest BCUT2D eigenvalue weighted by atomic mass is 10.1. The van der Waals surface area contributed by atoms with Gasteiger partial charge in [-0.1, -0.05) is 0 Å². The van der Waals surface area contributed by atoms with Crippen molar-refractivity contribution in [2.24, 2.45) is 11.5 Å². The summed E-state index contributed by atoms with van der Waals surface area (Å²) in [5.74, 6) is -2.35. The van der Waals surface area contributed by atoms with Gasteiger partial charge in [0.1, 0.15) is 18.1 Å². The maximum absolute atomic E-state index is 13.2. The van der Waals surface area contributed by atoms with E-state index in [1.165, 1.54) is 28.4 Å². The third-order valence-electron chi connectivity index (χ3n) is 5.05.